The predicted molar refractivity (Wildman–Crippen MR) is 86.3 cm³/mol. The smallest absolute Gasteiger partial charge is 0.317 e. The van der Waals surface area contributed by atoms with Gasteiger partial charge in [-0.25, -0.2) is 4.79 Å². The van der Waals surface area contributed by atoms with Crippen LogP contribution < -0.4 is 10.1 Å². The molecule has 0 saturated carbocycles. The Kier molecular flexibility index (Phi) is 6.52. The van der Waals surface area contributed by atoms with Crippen molar-refractivity contribution >= 4 is 6.03 Å². The van der Waals surface area contributed by atoms with Crippen LogP contribution in [0.1, 0.15) is 18.4 Å². The molecule has 22 heavy (non-hydrogen) atoms. The first-order valence-corrected chi connectivity index (χ1v) is 7.87. The second kappa shape index (κ2) is 8.63. The van der Waals surface area contributed by atoms with Gasteiger partial charge >= 0.3 is 6.03 Å². The molecular formula is C17H26N2O3. The Morgan fingerprint density at radius 3 is 2.50 bits per heavy atom. The molecule has 0 bridgehead atoms. The number of nitrogens with one attached hydrogen (secondary N) is 1. The lowest BCUT2D eigenvalue weighted by Gasteiger charge is -2.32. The molecule has 5 nitrogen and oxygen atoms in total. The lowest BCUT2D eigenvalue weighted by molar-refractivity contribution is 0.161. The maximum atomic E-state index is 12.0. The van der Waals surface area contributed by atoms with E-state index in [-0.39, 0.29) is 6.03 Å². The lowest BCUT2D eigenvalue weighted by Crippen LogP contribution is -2.45. The van der Waals surface area contributed by atoms with E-state index in [1.54, 1.807) is 14.2 Å². The molecule has 1 fully saturated rings. The van der Waals surface area contributed by atoms with Gasteiger partial charge in [0.15, 0.2) is 0 Å². The standard InChI is InChI=1S/C17H26N2O3/c1-21-12-9-18-17(20)19-10-7-15(8-11-19)13-14-3-5-16(22-2)6-4-14/h3-6,15H,7-13H2,1-2H3,(H,18,20). The molecule has 1 saturated heterocycles. The molecule has 5 heteroatoms. The minimum atomic E-state index is 0.0277. The second-order valence-electron chi connectivity index (χ2n) is 5.71. The van der Waals surface area contributed by atoms with E-state index in [2.05, 4.69) is 17.4 Å². The third-order valence-electron chi connectivity index (χ3n) is 4.17. The Balaban J connectivity index is 1.73. The number of hydrogen-bond acceptors (Lipinski definition) is 3. The summed E-state index contributed by atoms with van der Waals surface area (Å²) in [6, 6.07) is 8.30. The topological polar surface area (TPSA) is 50.8 Å². The van der Waals surface area contributed by atoms with Gasteiger partial charge in [0.2, 0.25) is 0 Å². The van der Waals surface area contributed by atoms with Crippen LogP contribution in [0.25, 0.3) is 0 Å². The summed E-state index contributed by atoms with van der Waals surface area (Å²) >= 11 is 0. The van der Waals surface area contributed by atoms with Crippen molar-refractivity contribution in [3.8, 4) is 5.75 Å². The summed E-state index contributed by atoms with van der Waals surface area (Å²) in [6.45, 7) is 2.79. The van der Waals surface area contributed by atoms with E-state index in [1.165, 1.54) is 5.56 Å². The Labute approximate surface area is 132 Å². The molecule has 1 aliphatic rings. The molecule has 0 atom stereocenters. The van der Waals surface area contributed by atoms with Crippen LogP contribution in [0.5, 0.6) is 5.75 Å². The van der Waals surface area contributed by atoms with Crippen LogP contribution in [-0.4, -0.2) is 51.4 Å². The monoisotopic (exact) mass is 306 g/mol. The van der Waals surface area contributed by atoms with Gasteiger partial charge in [0.25, 0.3) is 0 Å². The fourth-order valence-electron chi connectivity index (χ4n) is 2.81. The van der Waals surface area contributed by atoms with Crippen molar-refractivity contribution in [2.75, 3.05) is 40.5 Å². The van der Waals surface area contributed by atoms with E-state index in [0.29, 0.717) is 19.1 Å². The van der Waals surface area contributed by atoms with Crippen molar-refractivity contribution in [1.82, 2.24) is 10.2 Å². The van der Waals surface area contributed by atoms with Gasteiger partial charge in [0, 0.05) is 26.7 Å². The first-order valence-electron chi connectivity index (χ1n) is 7.87. The second-order valence-corrected chi connectivity index (χ2v) is 5.71. The van der Waals surface area contributed by atoms with Crippen molar-refractivity contribution in [2.24, 2.45) is 5.92 Å². The van der Waals surface area contributed by atoms with Crippen LogP contribution in [0.4, 0.5) is 4.79 Å². The van der Waals surface area contributed by atoms with Gasteiger partial charge in [-0.3, -0.25) is 0 Å². The number of hydrogen-bond donors (Lipinski definition) is 1. The number of benzene rings is 1. The van der Waals surface area contributed by atoms with Gasteiger partial charge in [0.05, 0.1) is 13.7 Å². The van der Waals surface area contributed by atoms with E-state index in [4.69, 9.17) is 9.47 Å². The van der Waals surface area contributed by atoms with Crippen molar-refractivity contribution < 1.29 is 14.3 Å². The van der Waals surface area contributed by atoms with E-state index in [1.807, 2.05) is 17.0 Å². The number of nitrogens with zero attached hydrogens (tertiary/aromatic N) is 1. The number of amides is 2. The maximum absolute atomic E-state index is 12.0. The molecule has 2 amide bonds. The van der Waals surface area contributed by atoms with E-state index in [9.17, 15) is 4.79 Å². The summed E-state index contributed by atoms with van der Waals surface area (Å²) < 4.78 is 10.1. The highest BCUT2D eigenvalue weighted by molar-refractivity contribution is 5.74. The lowest BCUT2D eigenvalue weighted by atomic mass is 9.90. The van der Waals surface area contributed by atoms with Crippen LogP contribution in [0.3, 0.4) is 0 Å². The summed E-state index contributed by atoms with van der Waals surface area (Å²) in [6.07, 6.45) is 3.19. The Bertz CT molecular complexity index is 453. The van der Waals surface area contributed by atoms with Gasteiger partial charge in [0.1, 0.15) is 5.75 Å². The average Bonchev–Trinajstić information content (AvgIpc) is 2.56. The Morgan fingerprint density at radius 2 is 1.91 bits per heavy atom. The normalized spacial score (nSPS) is 15.6. The SMILES string of the molecule is COCCNC(=O)N1CCC(Cc2ccc(OC)cc2)CC1. The third-order valence-corrected chi connectivity index (χ3v) is 4.17. The number of rotatable bonds is 6. The molecule has 0 spiro atoms. The van der Waals surface area contributed by atoms with Crippen molar-refractivity contribution in [3.05, 3.63) is 29.8 Å². The number of ether oxygens (including phenoxy) is 2. The zero-order valence-electron chi connectivity index (χ0n) is 13.5. The van der Waals surface area contributed by atoms with E-state index < -0.39 is 0 Å². The molecular weight excluding hydrogens is 280 g/mol. The van der Waals surface area contributed by atoms with Crippen LogP contribution >= 0.6 is 0 Å². The highest BCUT2D eigenvalue weighted by Gasteiger charge is 2.22. The van der Waals surface area contributed by atoms with Gasteiger partial charge < -0.3 is 19.7 Å². The quantitative estimate of drug-likeness (QED) is 0.821. The average molecular weight is 306 g/mol. The molecule has 1 aromatic carbocycles. The third kappa shape index (κ3) is 4.91. The minimum absolute atomic E-state index is 0.0277. The molecule has 1 N–H and O–H groups in total. The molecule has 2 rings (SSSR count). The number of carbonyl (C=O) groups is 1. The van der Waals surface area contributed by atoms with Crippen molar-refractivity contribution in [1.29, 1.82) is 0 Å². The number of likely N-dealkylation sites (tertiary alicyclic amines) is 1. The highest BCUT2D eigenvalue weighted by atomic mass is 16.5. The molecule has 1 aliphatic heterocycles. The summed E-state index contributed by atoms with van der Waals surface area (Å²) in [5.41, 5.74) is 1.34. The van der Waals surface area contributed by atoms with Gasteiger partial charge in [-0.15, -0.1) is 0 Å². The Morgan fingerprint density at radius 1 is 1.23 bits per heavy atom. The minimum Gasteiger partial charge on any atom is -0.497 e. The van der Waals surface area contributed by atoms with Crippen molar-refractivity contribution in [3.63, 3.8) is 0 Å². The maximum Gasteiger partial charge on any atom is 0.317 e. The molecule has 1 aromatic rings. The fourth-order valence-corrected chi connectivity index (χ4v) is 2.81. The zero-order chi connectivity index (χ0) is 15.8. The van der Waals surface area contributed by atoms with Crippen LogP contribution in [0.15, 0.2) is 24.3 Å². The number of carbonyl (C=O) groups excluding carboxylic acids is 1. The van der Waals surface area contributed by atoms with Crippen LogP contribution in [0.2, 0.25) is 0 Å². The van der Waals surface area contributed by atoms with Crippen molar-refractivity contribution in [2.45, 2.75) is 19.3 Å². The summed E-state index contributed by atoms with van der Waals surface area (Å²) in [4.78, 5) is 13.9. The summed E-state index contributed by atoms with van der Waals surface area (Å²) in [5, 5.41) is 2.88. The van der Waals surface area contributed by atoms with E-state index >= 15 is 0 Å². The van der Waals surface area contributed by atoms with E-state index in [0.717, 1.165) is 38.1 Å². The first kappa shape index (κ1) is 16.6. The first-order chi connectivity index (χ1) is 10.7. The largest absolute Gasteiger partial charge is 0.497 e. The molecule has 0 aromatic heterocycles. The van der Waals surface area contributed by atoms with Gasteiger partial charge in [-0.05, 0) is 42.9 Å². The summed E-state index contributed by atoms with van der Waals surface area (Å²) in [7, 11) is 3.32. The molecule has 0 unspecified atom stereocenters. The molecule has 1 heterocycles. The predicted octanol–water partition coefficient (Wildman–Crippen LogP) is 2.31. The Hall–Kier alpha value is -1.75. The van der Waals surface area contributed by atoms with Crippen LogP contribution in [-0.2, 0) is 11.2 Å². The van der Waals surface area contributed by atoms with Gasteiger partial charge in [-0.1, -0.05) is 12.1 Å². The molecule has 0 radical (unpaired) electrons. The fraction of sp³-hybridized carbons (Fsp3) is 0.588. The molecule has 122 valence electrons. The molecule has 0 aliphatic carbocycles. The number of urea groups is 1. The summed E-state index contributed by atoms with van der Waals surface area (Å²) in [5.74, 6) is 1.54. The highest BCUT2D eigenvalue weighted by Crippen LogP contribution is 2.22. The van der Waals surface area contributed by atoms with Gasteiger partial charge in [-0.2, -0.15) is 0 Å². The zero-order valence-corrected chi connectivity index (χ0v) is 13.5. The van der Waals surface area contributed by atoms with Crippen LogP contribution in [0, 0.1) is 5.92 Å². The number of piperidine rings is 1. The number of methoxy groups -OCH3 is 2.